The van der Waals surface area contributed by atoms with Crippen LogP contribution < -0.4 is 9.47 Å². The summed E-state index contributed by atoms with van der Waals surface area (Å²) < 4.78 is 11.4. The van der Waals surface area contributed by atoms with Crippen LogP contribution in [0.4, 0.5) is 0 Å². The lowest BCUT2D eigenvalue weighted by atomic mass is 9.94. The standard InChI is InChI=1S/C25H24N2O3/c1-16-9-10-21-20(11-12-23(29-4)25(21)26-16)22-14-18(30-15-24(28)27(2)3)13-17-7-5-6-8-19(17)22/h5-14H,15H2,1-4H3. The van der Waals surface area contributed by atoms with E-state index in [1.54, 1.807) is 21.2 Å². The quantitative estimate of drug-likeness (QED) is 0.481. The van der Waals surface area contributed by atoms with Crippen molar-refractivity contribution in [2.75, 3.05) is 27.8 Å². The average molecular weight is 400 g/mol. The molecule has 5 heteroatoms. The lowest BCUT2D eigenvalue weighted by molar-refractivity contribution is -0.130. The Morgan fingerprint density at radius 1 is 0.967 bits per heavy atom. The first-order valence-corrected chi connectivity index (χ1v) is 9.78. The van der Waals surface area contributed by atoms with Crippen molar-refractivity contribution in [3.8, 4) is 22.6 Å². The fourth-order valence-corrected chi connectivity index (χ4v) is 3.55. The molecule has 4 rings (SSSR count). The Morgan fingerprint density at radius 2 is 1.77 bits per heavy atom. The van der Waals surface area contributed by atoms with Crippen LogP contribution in [0.25, 0.3) is 32.8 Å². The maximum Gasteiger partial charge on any atom is 0.259 e. The minimum absolute atomic E-state index is 0.00507. The maximum atomic E-state index is 12.0. The minimum atomic E-state index is -0.0840. The summed E-state index contributed by atoms with van der Waals surface area (Å²) in [7, 11) is 5.09. The molecular formula is C25H24N2O3. The molecule has 1 amide bonds. The van der Waals surface area contributed by atoms with Gasteiger partial charge in [-0.05, 0) is 59.2 Å². The molecule has 0 spiro atoms. The van der Waals surface area contributed by atoms with E-state index in [1.807, 2.05) is 49.4 Å². The number of aromatic nitrogens is 1. The molecule has 1 aromatic heterocycles. The molecule has 0 radical (unpaired) electrons. The third kappa shape index (κ3) is 3.66. The number of fused-ring (bicyclic) bond motifs is 2. The van der Waals surface area contributed by atoms with E-state index in [-0.39, 0.29) is 12.5 Å². The van der Waals surface area contributed by atoms with Crippen molar-refractivity contribution in [3.63, 3.8) is 0 Å². The lowest BCUT2D eigenvalue weighted by Crippen LogP contribution is -2.27. The number of carbonyl (C=O) groups is 1. The highest BCUT2D eigenvalue weighted by Crippen LogP contribution is 2.39. The number of methoxy groups -OCH3 is 1. The number of amides is 1. The van der Waals surface area contributed by atoms with Crippen LogP contribution in [0.5, 0.6) is 11.5 Å². The van der Waals surface area contributed by atoms with Crippen molar-refractivity contribution in [1.82, 2.24) is 9.88 Å². The van der Waals surface area contributed by atoms with Crippen LogP contribution in [0.15, 0.2) is 60.7 Å². The summed E-state index contributed by atoms with van der Waals surface area (Å²) in [4.78, 5) is 18.2. The summed E-state index contributed by atoms with van der Waals surface area (Å²) in [6.45, 7) is 1.96. The molecule has 0 aliphatic rings. The van der Waals surface area contributed by atoms with Gasteiger partial charge in [0, 0.05) is 25.2 Å². The topological polar surface area (TPSA) is 51.7 Å². The van der Waals surface area contributed by atoms with Gasteiger partial charge in [0.15, 0.2) is 6.61 Å². The first kappa shape index (κ1) is 19.7. The Balaban J connectivity index is 1.91. The molecule has 4 aromatic rings. The van der Waals surface area contributed by atoms with Crippen molar-refractivity contribution in [1.29, 1.82) is 0 Å². The van der Waals surface area contributed by atoms with Gasteiger partial charge in [0.2, 0.25) is 0 Å². The molecule has 0 N–H and O–H groups in total. The summed E-state index contributed by atoms with van der Waals surface area (Å²) in [5, 5.41) is 3.16. The second-order valence-corrected chi connectivity index (χ2v) is 7.43. The van der Waals surface area contributed by atoms with E-state index in [4.69, 9.17) is 14.5 Å². The Labute approximate surface area is 175 Å². The van der Waals surface area contributed by atoms with E-state index in [0.717, 1.165) is 44.2 Å². The molecular weight excluding hydrogens is 376 g/mol. The van der Waals surface area contributed by atoms with Crippen LogP contribution >= 0.6 is 0 Å². The number of likely N-dealkylation sites (N-methyl/N-ethyl adjacent to an activating group) is 1. The zero-order valence-corrected chi connectivity index (χ0v) is 17.6. The van der Waals surface area contributed by atoms with E-state index in [2.05, 4.69) is 18.2 Å². The van der Waals surface area contributed by atoms with Crippen LogP contribution in [0.3, 0.4) is 0 Å². The molecule has 5 nitrogen and oxygen atoms in total. The largest absolute Gasteiger partial charge is 0.494 e. The van der Waals surface area contributed by atoms with Crippen molar-refractivity contribution in [3.05, 3.63) is 66.4 Å². The predicted octanol–water partition coefficient (Wildman–Crippen LogP) is 4.84. The van der Waals surface area contributed by atoms with Gasteiger partial charge in [0.1, 0.15) is 17.0 Å². The van der Waals surface area contributed by atoms with Gasteiger partial charge in [-0.15, -0.1) is 0 Å². The third-order valence-electron chi connectivity index (χ3n) is 5.17. The van der Waals surface area contributed by atoms with Gasteiger partial charge in [-0.3, -0.25) is 4.79 Å². The average Bonchev–Trinajstić information content (AvgIpc) is 2.75. The van der Waals surface area contributed by atoms with Gasteiger partial charge in [0.25, 0.3) is 5.91 Å². The summed E-state index contributed by atoms with van der Waals surface area (Å²) in [6.07, 6.45) is 0. The molecule has 30 heavy (non-hydrogen) atoms. The van der Waals surface area contributed by atoms with Crippen molar-refractivity contribution in [2.24, 2.45) is 0 Å². The van der Waals surface area contributed by atoms with Crippen LogP contribution in [0, 0.1) is 6.92 Å². The van der Waals surface area contributed by atoms with Gasteiger partial charge in [0.05, 0.1) is 7.11 Å². The van der Waals surface area contributed by atoms with Gasteiger partial charge in [-0.1, -0.05) is 30.3 Å². The summed E-state index contributed by atoms with van der Waals surface area (Å²) in [5.74, 6) is 1.31. The van der Waals surface area contributed by atoms with E-state index in [0.29, 0.717) is 5.75 Å². The number of carbonyl (C=O) groups excluding carboxylic acids is 1. The summed E-state index contributed by atoms with van der Waals surface area (Å²) in [5.41, 5.74) is 3.83. The molecule has 152 valence electrons. The van der Waals surface area contributed by atoms with E-state index in [1.165, 1.54) is 4.90 Å². The van der Waals surface area contributed by atoms with Crippen molar-refractivity contribution < 1.29 is 14.3 Å². The Kier molecular flexibility index (Phi) is 5.27. The summed E-state index contributed by atoms with van der Waals surface area (Å²) in [6, 6.07) is 20.2. The molecule has 0 aliphatic carbocycles. The van der Waals surface area contributed by atoms with E-state index >= 15 is 0 Å². The van der Waals surface area contributed by atoms with Gasteiger partial charge in [-0.2, -0.15) is 0 Å². The predicted molar refractivity (Wildman–Crippen MR) is 120 cm³/mol. The molecule has 3 aromatic carbocycles. The minimum Gasteiger partial charge on any atom is -0.494 e. The highest BCUT2D eigenvalue weighted by molar-refractivity contribution is 6.06. The Bertz CT molecular complexity index is 1250. The lowest BCUT2D eigenvalue weighted by Gasteiger charge is -2.16. The number of hydrogen-bond donors (Lipinski definition) is 0. The number of pyridine rings is 1. The Hall–Kier alpha value is -3.60. The molecule has 0 saturated carbocycles. The van der Waals surface area contributed by atoms with E-state index < -0.39 is 0 Å². The number of nitrogens with zero attached hydrogens (tertiary/aromatic N) is 2. The smallest absolute Gasteiger partial charge is 0.259 e. The van der Waals surface area contributed by atoms with Crippen LogP contribution in [0.1, 0.15) is 5.69 Å². The van der Waals surface area contributed by atoms with Gasteiger partial charge >= 0.3 is 0 Å². The van der Waals surface area contributed by atoms with Crippen LogP contribution in [-0.2, 0) is 4.79 Å². The number of aryl methyl sites for hydroxylation is 1. The second kappa shape index (κ2) is 8.03. The molecule has 0 fully saturated rings. The SMILES string of the molecule is COc1ccc(-c2cc(OCC(=O)N(C)C)cc3ccccc23)c2ccc(C)nc12. The zero-order chi connectivity index (χ0) is 21.3. The molecule has 1 heterocycles. The molecule has 0 unspecified atom stereocenters. The maximum absolute atomic E-state index is 12.0. The molecule has 0 aliphatic heterocycles. The normalized spacial score (nSPS) is 10.9. The van der Waals surface area contributed by atoms with Gasteiger partial charge in [-0.25, -0.2) is 4.98 Å². The van der Waals surface area contributed by atoms with Crippen LogP contribution in [-0.4, -0.2) is 43.6 Å². The molecule has 0 atom stereocenters. The number of ether oxygens (including phenoxy) is 2. The van der Waals surface area contributed by atoms with Crippen molar-refractivity contribution >= 4 is 27.6 Å². The third-order valence-corrected chi connectivity index (χ3v) is 5.17. The Morgan fingerprint density at radius 3 is 2.53 bits per heavy atom. The number of rotatable bonds is 5. The van der Waals surface area contributed by atoms with E-state index in [9.17, 15) is 4.79 Å². The second-order valence-electron chi connectivity index (χ2n) is 7.43. The fourth-order valence-electron chi connectivity index (χ4n) is 3.55. The fraction of sp³-hybridized carbons (Fsp3) is 0.200. The first-order valence-electron chi connectivity index (χ1n) is 9.78. The first-order chi connectivity index (χ1) is 14.5. The highest BCUT2D eigenvalue weighted by Gasteiger charge is 2.14. The monoisotopic (exact) mass is 400 g/mol. The van der Waals surface area contributed by atoms with Gasteiger partial charge < -0.3 is 14.4 Å². The summed E-state index contributed by atoms with van der Waals surface area (Å²) >= 11 is 0. The molecule has 0 bridgehead atoms. The molecule has 0 saturated heterocycles. The highest BCUT2D eigenvalue weighted by atomic mass is 16.5. The van der Waals surface area contributed by atoms with Crippen molar-refractivity contribution in [2.45, 2.75) is 6.92 Å². The van der Waals surface area contributed by atoms with Crippen LogP contribution in [0.2, 0.25) is 0 Å². The number of benzene rings is 3. The number of hydrogen-bond acceptors (Lipinski definition) is 4. The zero-order valence-electron chi connectivity index (χ0n) is 17.6.